The second-order valence-electron chi connectivity index (χ2n) is 7.33. The lowest BCUT2D eigenvalue weighted by Gasteiger charge is -2.17. The molecule has 0 radical (unpaired) electrons. The standard InChI is InChI=1S/C25H27BrClNO2/c1-18(11-12-19-7-4-3-5-8-19)28-16-21-14-23(26)25(24(15-21)29-2)30-17-20-9-6-10-22(27)13-20/h3-10,13-15,18,28H,11-12,16-17H2,1-2H3. The van der Waals surface area contributed by atoms with Crippen LogP contribution >= 0.6 is 27.5 Å². The van der Waals surface area contributed by atoms with Crippen molar-refractivity contribution in [2.24, 2.45) is 0 Å². The summed E-state index contributed by atoms with van der Waals surface area (Å²) in [7, 11) is 1.66. The van der Waals surface area contributed by atoms with Gasteiger partial charge in [0, 0.05) is 17.6 Å². The van der Waals surface area contributed by atoms with Gasteiger partial charge in [0.2, 0.25) is 0 Å². The lowest BCUT2D eigenvalue weighted by molar-refractivity contribution is 0.282. The minimum absolute atomic E-state index is 0.411. The normalized spacial score (nSPS) is 11.9. The van der Waals surface area contributed by atoms with Crippen molar-refractivity contribution in [3.63, 3.8) is 0 Å². The molecule has 1 N–H and O–H groups in total. The number of benzene rings is 3. The Morgan fingerprint density at radius 2 is 1.73 bits per heavy atom. The van der Waals surface area contributed by atoms with Crippen LogP contribution in [0.4, 0.5) is 0 Å². The van der Waals surface area contributed by atoms with Crippen LogP contribution in [0.25, 0.3) is 0 Å². The minimum atomic E-state index is 0.411. The number of ether oxygens (including phenoxy) is 2. The van der Waals surface area contributed by atoms with Crippen molar-refractivity contribution in [2.45, 2.75) is 39.0 Å². The van der Waals surface area contributed by atoms with Crippen molar-refractivity contribution in [3.05, 3.63) is 92.9 Å². The Bertz CT molecular complexity index is 949. The number of rotatable bonds is 10. The van der Waals surface area contributed by atoms with E-state index in [4.69, 9.17) is 21.1 Å². The van der Waals surface area contributed by atoms with E-state index in [1.165, 1.54) is 5.56 Å². The molecule has 0 bridgehead atoms. The zero-order valence-corrected chi connectivity index (χ0v) is 19.7. The molecule has 0 aliphatic carbocycles. The van der Waals surface area contributed by atoms with Crippen LogP contribution in [0.5, 0.6) is 11.5 Å². The molecule has 0 heterocycles. The first-order valence-corrected chi connectivity index (χ1v) is 11.2. The third-order valence-corrected chi connectivity index (χ3v) is 5.75. The predicted molar refractivity (Wildman–Crippen MR) is 128 cm³/mol. The van der Waals surface area contributed by atoms with E-state index in [1.54, 1.807) is 7.11 Å². The van der Waals surface area contributed by atoms with E-state index in [1.807, 2.05) is 30.3 Å². The SMILES string of the molecule is COc1cc(CNC(C)CCc2ccccc2)cc(Br)c1OCc1cccc(Cl)c1. The first-order chi connectivity index (χ1) is 14.5. The van der Waals surface area contributed by atoms with E-state index in [0.717, 1.165) is 35.0 Å². The van der Waals surface area contributed by atoms with E-state index in [0.29, 0.717) is 29.2 Å². The maximum Gasteiger partial charge on any atom is 0.175 e. The number of nitrogens with one attached hydrogen (secondary N) is 1. The number of halogens is 2. The van der Waals surface area contributed by atoms with E-state index >= 15 is 0 Å². The Kier molecular flexibility index (Phi) is 8.61. The fraction of sp³-hybridized carbons (Fsp3) is 0.280. The Morgan fingerprint density at radius 1 is 0.967 bits per heavy atom. The molecule has 0 fully saturated rings. The van der Waals surface area contributed by atoms with Crippen LogP contribution in [-0.2, 0) is 19.6 Å². The second-order valence-corrected chi connectivity index (χ2v) is 8.62. The van der Waals surface area contributed by atoms with Gasteiger partial charge in [-0.05, 0) is 76.7 Å². The van der Waals surface area contributed by atoms with Gasteiger partial charge in [-0.1, -0.05) is 54.1 Å². The molecule has 0 spiro atoms. The third kappa shape index (κ3) is 6.76. The van der Waals surface area contributed by atoms with E-state index in [-0.39, 0.29) is 0 Å². The van der Waals surface area contributed by atoms with Crippen LogP contribution in [0.3, 0.4) is 0 Å². The van der Waals surface area contributed by atoms with Crippen LogP contribution < -0.4 is 14.8 Å². The van der Waals surface area contributed by atoms with Gasteiger partial charge < -0.3 is 14.8 Å². The monoisotopic (exact) mass is 487 g/mol. The van der Waals surface area contributed by atoms with Crippen molar-refractivity contribution < 1.29 is 9.47 Å². The van der Waals surface area contributed by atoms with Crippen LogP contribution in [0.2, 0.25) is 5.02 Å². The Labute approximate surface area is 192 Å². The Hall–Kier alpha value is -2.01. The quantitative estimate of drug-likeness (QED) is 0.340. The topological polar surface area (TPSA) is 30.5 Å². The molecule has 0 saturated heterocycles. The molecule has 158 valence electrons. The summed E-state index contributed by atoms with van der Waals surface area (Å²) in [4.78, 5) is 0. The average molecular weight is 489 g/mol. The maximum absolute atomic E-state index is 6.06. The number of hydrogen-bond acceptors (Lipinski definition) is 3. The van der Waals surface area contributed by atoms with Crippen LogP contribution in [0.15, 0.2) is 71.2 Å². The summed E-state index contributed by atoms with van der Waals surface area (Å²) in [6.45, 7) is 3.40. The molecule has 30 heavy (non-hydrogen) atoms. The fourth-order valence-corrected chi connectivity index (χ4v) is 4.04. The van der Waals surface area contributed by atoms with Gasteiger partial charge in [-0.3, -0.25) is 0 Å². The van der Waals surface area contributed by atoms with Gasteiger partial charge in [-0.25, -0.2) is 0 Å². The largest absolute Gasteiger partial charge is 0.493 e. The molecule has 3 aromatic rings. The molecule has 1 atom stereocenters. The van der Waals surface area contributed by atoms with Crippen molar-refractivity contribution in [3.8, 4) is 11.5 Å². The smallest absolute Gasteiger partial charge is 0.175 e. The highest BCUT2D eigenvalue weighted by Gasteiger charge is 2.13. The Balaban J connectivity index is 1.57. The summed E-state index contributed by atoms with van der Waals surface area (Å²) in [5, 5.41) is 4.30. The van der Waals surface area contributed by atoms with E-state index in [9.17, 15) is 0 Å². The van der Waals surface area contributed by atoms with Gasteiger partial charge in [0.1, 0.15) is 6.61 Å². The van der Waals surface area contributed by atoms with Crippen molar-refractivity contribution in [1.82, 2.24) is 5.32 Å². The molecule has 1 unspecified atom stereocenters. The molecule has 3 aromatic carbocycles. The molecule has 3 rings (SSSR count). The van der Waals surface area contributed by atoms with Crippen molar-refractivity contribution in [1.29, 1.82) is 0 Å². The highest BCUT2D eigenvalue weighted by Crippen LogP contribution is 2.37. The van der Waals surface area contributed by atoms with Crippen LogP contribution in [-0.4, -0.2) is 13.2 Å². The molecule has 3 nitrogen and oxygen atoms in total. The first-order valence-electron chi connectivity index (χ1n) is 10.1. The molecule has 0 aliphatic heterocycles. The molecule has 0 amide bonds. The minimum Gasteiger partial charge on any atom is -0.493 e. The predicted octanol–water partition coefficient (Wildman–Crippen LogP) is 6.80. The summed E-state index contributed by atoms with van der Waals surface area (Å²) in [6, 6.07) is 22.8. The van der Waals surface area contributed by atoms with Gasteiger partial charge in [0.15, 0.2) is 11.5 Å². The number of methoxy groups -OCH3 is 1. The highest BCUT2D eigenvalue weighted by molar-refractivity contribution is 9.10. The first kappa shape index (κ1) is 22.7. The molecule has 0 aliphatic rings. The van der Waals surface area contributed by atoms with Crippen LogP contribution in [0.1, 0.15) is 30.0 Å². The van der Waals surface area contributed by atoms with Gasteiger partial charge in [0.05, 0.1) is 11.6 Å². The summed E-state index contributed by atoms with van der Waals surface area (Å²) in [5.74, 6) is 1.40. The average Bonchev–Trinajstić information content (AvgIpc) is 2.76. The number of aryl methyl sites for hydroxylation is 1. The molecule has 0 aromatic heterocycles. The zero-order valence-electron chi connectivity index (χ0n) is 17.3. The third-order valence-electron chi connectivity index (χ3n) is 4.92. The second kappa shape index (κ2) is 11.4. The van der Waals surface area contributed by atoms with Crippen LogP contribution in [0, 0.1) is 0 Å². The number of hydrogen-bond donors (Lipinski definition) is 1. The van der Waals surface area contributed by atoms with E-state index < -0.39 is 0 Å². The van der Waals surface area contributed by atoms with E-state index in [2.05, 4.69) is 64.6 Å². The maximum atomic E-state index is 6.06. The van der Waals surface area contributed by atoms with Crippen molar-refractivity contribution in [2.75, 3.05) is 7.11 Å². The highest BCUT2D eigenvalue weighted by atomic mass is 79.9. The summed E-state index contributed by atoms with van der Waals surface area (Å²) < 4.78 is 12.5. The van der Waals surface area contributed by atoms with Gasteiger partial charge in [-0.2, -0.15) is 0 Å². The molecule has 5 heteroatoms. The zero-order chi connectivity index (χ0) is 21.3. The summed E-state index contributed by atoms with van der Waals surface area (Å²) in [5.41, 5.74) is 3.52. The summed E-state index contributed by atoms with van der Waals surface area (Å²) in [6.07, 6.45) is 2.15. The fourth-order valence-electron chi connectivity index (χ4n) is 3.22. The van der Waals surface area contributed by atoms with Gasteiger partial charge in [0.25, 0.3) is 0 Å². The van der Waals surface area contributed by atoms with Crippen molar-refractivity contribution >= 4 is 27.5 Å². The van der Waals surface area contributed by atoms with Gasteiger partial charge in [-0.15, -0.1) is 0 Å². The van der Waals surface area contributed by atoms with Gasteiger partial charge >= 0.3 is 0 Å². The lowest BCUT2D eigenvalue weighted by atomic mass is 10.1. The molecular formula is C25H27BrClNO2. The molecule has 0 saturated carbocycles. The summed E-state index contributed by atoms with van der Waals surface area (Å²) >= 11 is 9.69. The molecular weight excluding hydrogens is 462 g/mol. The Morgan fingerprint density at radius 3 is 2.47 bits per heavy atom. The lowest BCUT2D eigenvalue weighted by Crippen LogP contribution is -2.26.